The van der Waals surface area contributed by atoms with Gasteiger partial charge in [0.15, 0.2) is 17.3 Å². The zero-order valence-corrected chi connectivity index (χ0v) is 48.3. The molecule has 24 heteroatoms. The molecule has 1 aromatic carbocycles. The van der Waals surface area contributed by atoms with Crippen molar-refractivity contribution >= 4 is 64.5 Å². The van der Waals surface area contributed by atoms with Gasteiger partial charge in [0, 0.05) is 63.5 Å². The zero-order valence-electron chi connectivity index (χ0n) is 48.3. The predicted octanol–water partition coefficient (Wildman–Crippen LogP) is -0.846. The van der Waals surface area contributed by atoms with Gasteiger partial charge in [-0.05, 0) is 116 Å². The number of benzene rings is 1. The average Bonchev–Trinajstić information content (AvgIpc) is 3.42. The van der Waals surface area contributed by atoms with E-state index in [4.69, 9.17) is 22.9 Å². The summed E-state index contributed by atoms with van der Waals surface area (Å²) in [7, 11) is 0. The third-order valence-electron chi connectivity index (χ3n) is 14.3. The number of hydrogen-bond acceptors (Lipinski definition) is 17. The number of nitrogens with two attached hydrogens (primary N) is 4. The molecule has 81 heavy (non-hydrogen) atoms. The molecule has 0 aromatic heterocycles. The molecule has 7 amide bonds. The van der Waals surface area contributed by atoms with Gasteiger partial charge in [0.1, 0.15) is 17.9 Å². The van der Waals surface area contributed by atoms with Crippen LogP contribution in [-0.4, -0.2) is 156 Å². The summed E-state index contributed by atoms with van der Waals surface area (Å²) in [5, 5.41) is 40.4. The highest BCUT2D eigenvalue weighted by Crippen LogP contribution is 2.21. The van der Waals surface area contributed by atoms with Crippen LogP contribution in [0.2, 0.25) is 0 Å². The molecule has 0 radical (unpaired) electrons. The van der Waals surface area contributed by atoms with E-state index < -0.39 is 138 Å². The summed E-state index contributed by atoms with van der Waals surface area (Å²) in [4.78, 5) is 152. The molecule has 11 atom stereocenters. The molecular formula is C57H95N11O13. The number of hydrogen-bond donors (Lipinski definition) is 13. The summed E-state index contributed by atoms with van der Waals surface area (Å²) >= 11 is 0. The van der Waals surface area contributed by atoms with Gasteiger partial charge in [0.2, 0.25) is 41.4 Å². The van der Waals surface area contributed by atoms with Crippen LogP contribution in [0.25, 0.3) is 0 Å². The molecule has 24 nitrogen and oxygen atoms in total. The summed E-state index contributed by atoms with van der Waals surface area (Å²) < 4.78 is 0. The minimum absolute atomic E-state index is 0.0241. The molecule has 0 aliphatic carbocycles. The number of carbonyl (C=O) groups excluding carboxylic acids is 11. The molecule has 17 N–H and O–H groups in total. The smallest absolute Gasteiger partial charge is 0.243 e. The molecule has 1 saturated heterocycles. The summed E-state index contributed by atoms with van der Waals surface area (Å²) in [5.74, 6) is -12.2. The first-order valence-electron chi connectivity index (χ1n) is 28.9. The highest BCUT2D eigenvalue weighted by atomic mass is 16.3. The van der Waals surface area contributed by atoms with E-state index in [9.17, 15) is 63.0 Å². The van der Waals surface area contributed by atoms with Crippen molar-refractivity contribution in [2.45, 2.75) is 186 Å². The van der Waals surface area contributed by atoms with E-state index in [0.717, 1.165) is 6.42 Å². The molecule has 0 spiro atoms. The predicted molar refractivity (Wildman–Crippen MR) is 304 cm³/mol. The summed E-state index contributed by atoms with van der Waals surface area (Å²) in [5.41, 5.74) is 24.4. The second-order valence-electron chi connectivity index (χ2n) is 21.8. The normalized spacial score (nSPS) is 22.9. The van der Waals surface area contributed by atoms with Crippen LogP contribution in [0, 0.1) is 29.6 Å². The molecule has 0 bridgehead atoms. The fraction of sp³-hybridized carbons (Fsp3) is 0.702. The SMILES string of the molecule is CCCC(=O)NCCCCCC(=O)C[C@H](C(=O)N[C@@H](CCN)C(=O)C[C@H]1CCNC(=O)[C@H]([C@@H](C)O)CC(=O)[C@H](CCN)NC(=O)[C@H](CCN)NC(=O)[C@H](CC(C)C)NC(=O)[C@@H](Cc2ccccc2)CC(=O)[C@H](CCN)NC1=O)[C@@H](C)O. The van der Waals surface area contributed by atoms with Gasteiger partial charge in [0.25, 0.3) is 0 Å². The third-order valence-corrected chi connectivity index (χ3v) is 14.3. The van der Waals surface area contributed by atoms with E-state index in [1.165, 1.54) is 13.8 Å². The average molecular weight is 1140 g/mol. The van der Waals surface area contributed by atoms with Crippen LogP contribution in [0.5, 0.6) is 0 Å². The summed E-state index contributed by atoms with van der Waals surface area (Å²) in [6.07, 6.45) is -2.18. The minimum atomic E-state index is -1.42. The van der Waals surface area contributed by atoms with Crippen molar-refractivity contribution in [1.82, 2.24) is 37.2 Å². The van der Waals surface area contributed by atoms with Crippen molar-refractivity contribution in [3.8, 4) is 0 Å². The van der Waals surface area contributed by atoms with Gasteiger partial charge >= 0.3 is 0 Å². The molecule has 1 aliphatic rings. The monoisotopic (exact) mass is 1140 g/mol. The quantitative estimate of drug-likeness (QED) is 0.0435. The lowest BCUT2D eigenvalue weighted by Crippen LogP contribution is -2.57. The minimum Gasteiger partial charge on any atom is -0.393 e. The van der Waals surface area contributed by atoms with Crippen molar-refractivity contribution in [1.29, 1.82) is 0 Å². The van der Waals surface area contributed by atoms with Crippen molar-refractivity contribution in [3.63, 3.8) is 0 Å². The Labute approximate surface area is 477 Å². The lowest BCUT2D eigenvalue weighted by molar-refractivity contribution is -0.137. The summed E-state index contributed by atoms with van der Waals surface area (Å²) in [6.45, 7) is 7.95. The molecule has 0 unspecified atom stereocenters. The highest BCUT2D eigenvalue weighted by Gasteiger charge is 2.37. The third kappa shape index (κ3) is 26.6. The number of unbranched alkanes of at least 4 members (excludes halogenated alkanes) is 2. The Morgan fingerprint density at radius 1 is 0.667 bits per heavy atom. The lowest BCUT2D eigenvalue weighted by atomic mass is 9.89. The van der Waals surface area contributed by atoms with Crippen LogP contribution in [0.4, 0.5) is 0 Å². The van der Waals surface area contributed by atoms with E-state index in [-0.39, 0.29) is 108 Å². The van der Waals surface area contributed by atoms with Crippen molar-refractivity contribution in [2.24, 2.45) is 52.5 Å². The van der Waals surface area contributed by atoms with E-state index in [1.54, 1.807) is 30.3 Å². The molecule has 1 heterocycles. The van der Waals surface area contributed by atoms with E-state index in [0.29, 0.717) is 37.8 Å². The van der Waals surface area contributed by atoms with E-state index in [1.807, 2.05) is 20.8 Å². The maximum atomic E-state index is 14.6. The number of aliphatic hydroxyl groups is 2. The first-order valence-corrected chi connectivity index (χ1v) is 28.9. The summed E-state index contributed by atoms with van der Waals surface area (Å²) in [6, 6.07) is 2.38. The van der Waals surface area contributed by atoms with Crippen LogP contribution < -0.4 is 60.2 Å². The van der Waals surface area contributed by atoms with Gasteiger partial charge in [0.05, 0.1) is 42.2 Å². The topological polar surface area (TPSA) is 417 Å². The highest BCUT2D eigenvalue weighted by molar-refractivity contribution is 5.98. The maximum absolute atomic E-state index is 14.6. The lowest BCUT2D eigenvalue weighted by Gasteiger charge is -2.28. The van der Waals surface area contributed by atoms with Gasteiger partial charge in [-0.1, -0.05) is 57.5 Å². The van der Waals surface area contributed by atoms with Crippen molar-refractivity contribution in [2.75, 3.05) is 39.3 Å². The fourth-order valence-corrected chi connectivity index (χ4v) is 9.57. The van der Waals surface area contributed by atoms with Crippen LogP contribution in [0.15, 0.2) is 30.3 Å². The van der Waals surface area contributed by atoms with Gasteiger partial charge in [-0.3, -0.25) is 52.7 Å². The largest absolute Gasteiger partial charge is 0.393 e. The van der Waals surface area contributed by atoms with Crippen LogP contribution >= 0.6 is 0 Å². The molecule has 1 aromatic rings. The Bertz CT molecular complexity index is 2200. The van der Waals surface area contributed by atoms with E-state index >= 15 is 0 Å². The number of rotatable bonds is 29. The zero-order chi connectivity index (χ0) is 60.6. The maximum Gasteiger partial charge on any atom is 0.243 e. The van der Waals surface area contributed by atoms with Crippen LogP contribution in [0.1, 0.15) is 143 Å². The molecule has 456 valence electrons. The second-order valence-corrected chi connectivity index (χ2v) is 21.8. The van der Waals surface area contributed by atoms with Gasteiger partial charge < -0.3 is 70.4 Å². The first kappa shape index (κ1) is 71.1. The molecular weight excluding hydrogens is 1050 g/mol. The van der Waals surface area contributed by atoms with Crippen molar-refractivity contribution in [3.05, 3.63) is 35.9 Å². The number of ketones is 4. The Morgan fingerprint density at radius 2 is 1.23 bits per heavy atom. The van der Waals surface area contributed by atoms with Crippen molar-refractivity contribution < 1.29 is 63.0 Å². The number of amides is 7. The fourth-order valence-electron chi connectivity index (χ4n) is 9.57. The number of carbonyl (C=O) groups is 11. The second kappa shape index (κ2) is 38.6. The van der Waals surface area contributed by atoms with E-state index in [2.05, 4.69) is 37.2 Å². The Balaban J connectivity index is 2.63. The van der Waals surface area contributed by atoms with Crippen LogP contribution in [0.3, 0.4) is 0 Å². The molecule has 2 rings (SSSR count). The Hall–Kier alpha value is -6.05. The van der Waals surface area contributed by atoms with Gasteiger partial charge in [-0.15, -0.1) is 0 Å². The van der Waals surface area contributed by atoms with Crippen LogP contribution in [-0.2, 0) is 59.2 Å². The number of nitrogens with one attached hydrogen (secondary N) is 7. The Morgan fingerprint density at radius 3 is 1.81 bits per heavy atom. The standard InChI is InChI=1S/C57H95N11O13/c1-6-13-51(75)62-26-12-8-11-16-40(71)32-41(35(4)69)55(79)65-44(18-23-59)48(72)30-38-21-27-63-54(78)42(36(5)70)33-50(74)45(19-24-60)66-56(80)46(20-25-61)67-57(81)47(28-34(2)3)68-53(77)39(29-37-14-9-7-10-15-37)31-49(73)43(17-22-58)64-52(38)76/h7,9-10,14-15,34-36,38-39,41-47,69-70H,6,8,11-13,16-33,58-61H2,1-5H3,(H,62,75)(H,63,78)(H,64,76)(H,65,79)(H,66,80)(H,67,81)(H,68,77)/t35-,36-,38-,39+,41+,42+,43+,44+,45+,46+,47+/m1/s1. The first-order chi connectivity index (χ1) is 38.5. The molecule has 1 fully saturated rings. The van der Waals surface area contributed by atoms with Gasteiger partial charge in [-0.25, -0.2) is 0 Å². The molecule has 1 aliphatic heterocycles. The van der Waals surface area contributed by atoms with Gasteiger partial charge in [-0.2, -0.15) is 0 Å². The number of aliphatic hydroxyl groups excluding tert-OH is 2. The number of Topliss-reactive ketones (excluding diaryl/α,β-unsaturated/α-hetero) is 4. The molecule has 0 saturated carbocycles. The Kier molecular flexibility index (Phi) is 33.9.